The van der Waals surface area contributed by atoms with Crippen molar-refractivity contribution in [2.45, 2.75) is 25.9 Å². The maximum Gasteiger partial charge on any atom is 0.407 e. The van der Waals surface area contributed by atoms with Crippen LogP contribution in [0.1, 0.15) is 24.4 Å². The van der Waals surface area contributed by atoms with Crippen LogP contribution in [-0.2, 0) is 9.53 Å². The largest absolute Gasteiger partial charge is 0.453 e. The third-order valence-electron chi connectivity index (χ3n) is 4.37. The molecule has 0 aliphatic carbocycles. The molecule has 2 atom stereocenters. The topological polar surface area (TPSA) is 87.3 Å². The lowest BCUT2D eigenvalue weighted by molar-refractivity contribution is -0.133. The van der Waals surface area contributed by atoms with E-state index in [2.05, 4.69) is 20.0 Å². The Morgan fingerprint density at radius 3 is 2.77 bits per heavy atom. The molecule has 1 aliphatic heterocycles. The number of methoxy groups -OCH3 is 1. The van der Waals surface area contributed by atoms with E-state index in [0.717, 1.165) is 11.3 Å². The molecule has 0 fully saturated rings. The van der Waals surface area contributed by atoms with Gasteiger partial charge in [0.25, 0.3) is 0 Å². The molecule has 26 heavy (non-hydrogen) atoms. The number of H-pyrrole nitrogens is 1. The molecule has 2 heterocycles. The van der Waals surface area contributed by atoms with Crippen LogP contribution >= 0.6 is 0 Å². The number of rotatable bonds is 4. The minimum Gasteiger partial charge on any atom is -0.453 e. The van der Waals surface area contributed by atoms with Crippen molar-refractivity contribution in [1.29, 1.82) is 0 Å². The van der Waals surface area contributed by atoms with Crippen LogP contribution in [0.25, 0.3) is 11.3 Å². The standard InChI is InChI=1S/C19H22N4O3/c1-12-6-8-14(9-7-12)15-11-20-17(22-15)16-5-4-10-23(16)18(24)13(2)21-19(25)26-3/h4-9,11,13,16H,10H2,1-3H3,(H,20,22)(H,21,25)/t13-,16-/m0/s1. The maximum atomic E-state index is 12.7. The van der Waals surface area contributed by atoms with E-state index in [1.165, 1.54) is 12.7 Å². The van der Waals surface area contributed by atoms with Crippen molar-refractivity contribution >= 4 is 12.0 Å². The van der Waals surface area contributed by atoms with Crippen LogP contribution < -0.4 is 5.32 Å². The molecule has 0 saturated heterocycles. The highest BCUT2D eigenvalue weighted by Crippen LogP contribution is 2.27. The van der Waals surface area contributed by atoms with Crippen molar-refractivity contribution in [3.8, 4) is 11.3 Å². The van der Waals surface area contributed by atoms with E-state index in [-0.39, 0.29) is 11.9 Å². The Bertz CT molecular complexity index is 826. The molecule has 2 N–H and O–H groups in total. The first-order valence-electron chi connectivity index (χ1n) is 8.43. The zero-order valence-electron chi connectivity index (χ0n) is 15.0. The minimum absolute atomic E-state index is 0.196. The summed E-state index contributed by atoms with van der Waals surface area (Å²) in [6.45, 7) is 4.14. The Balaban J connectivity index is 1.76. The quantitative estimate of drug-likeness (QED) is 0.826. The van der Waals surface area contributed by atoms with Gasteiger partial charge in [-0.05, 0) is 19.4 Å². The molecule has 1 aromatic carbocycles. The van der Waals surface area contributed by atoms with Gasteiger partial charge in [-0.3, -0.25) is 4.79 Å². The fourth-order valence-corrected chi connectivity index (χ4v) is 2.90. The average molecular weight is 354 g/mol. The first-order valence-corrected chi connectivity index (χ1v) is 8.43. The van der Waals surface area contributed by atoms with Gasteiger partial charge in [-0.15, -0.1) is 0 Å². The number of nitrogens with one attached hydrogen (secondary N) is 2. The van der Waals surface area contributed by atoms with E-state index in [0.29, 0.717) is 12.4 Å². The number of imidazole rings is 1. The summed E-state index contributed by atoms with van der Waals surface area (Å²) in [5, 5.41) is 2.50. The smallest absolute Gasteiger partial charge is 0.407 e. The van der Waals surface area contributed by atoms with Crippen molar-refractivity contribution in [2.24, 2.45) is 0 Å². The number of ether oxygens (including phenoxy) is 1. The van der Waals surface area contributed by atoms with Gasteiger partial charge >= 0.3 is 6.09 Å². The van der Waals surface area contributed by atoms with Gasteiger partial charge in [0.05, 0.1) is 19.0 Å². The average Bonchev–Trinajstić information content (AvgIpc) is 3.30. The van der Waals surface area contributed by atoms with Crippen molar-refractivity contribution in [2.75, 3.05) is 13.7 Å². The molecule has 2 amide bonds. The highest BCUT2D eigenvalue weighted by Gasteiger charge is 2.31. The summed E-state index contributed by atoms with van der Waals surface area (Å²) in [4.78, 5) is 33.4. The fourth-order valence-electron chi connectivity index (χ4n) is 2.90. The second kappa shape index (κ2) is 7.43. The van der Waals surface area contributed by atoms with Crippen LogP contribution in [0, 0.1) is 6.92 Å². The predicted octanol–water partition coefficient (Wildman–Crippen LogP) is 2.57. The van der Waals surface area contributed by atoms with Gasteiger partial charge < -0.3 is 19.9 Å². The second-order valence-corrected chi connectivity index (χ2v) is 6.27. The van der Waals surface area contributed by atoms with Crippen LogP contribution in [0.3, 0.4) is 0 Å². The molecule has 0 spiro atoms. The SMILES string of the molecule is COC(=O)N[C@@H](C)C(=O)N1CC=C[C@H]1c1ncc(-c2ccc(C)cc2)[nH]1. The first kappa shape index (κ1) is 17.7. The van der Waals surface area contributed by atoms with Gasteiger partial charge in [0.15, 0.2) is 0 Å². The maximum absolute atomic E-state index is 12.7. The number of aryl methyl sites for hydroxylation is 1. The fraction of sp³-hybridized carbons (Fsp3) is 0.316. The second-order valence-electron chi connectivity index (χ2n) is 6.27. The first-order chi connectivity index (χ1) is 12.5. The number of aromatic amines is 1. The molecule has 7 nitrogen and oxygen atoms in total. The van der Waals surface area contributed by atoms with Gasteiger partial charge in [-0.25, -0.2) is 9.78 Å². The summed E-state index contributed by atoms with van der Waals surface area (Å²) in [7, 11) is 1.27. The summed E-state index contributed by atoms with van der Waals surface area (Å²) in [5.41, 5.74) is 3.12. The van der Waals surface area contributed by atoms with Gasteiger partial charge in [-0.1, -0.05) is 42.0 Å². The van der Waals surface area contributed by atoms with E-state index in [9.17, 15) is 9.59 Å². The highest BCUT2D eigenvalue weighted by atomic mass is 16.5. The number of nitrogens with zero attached hydrogens (tertiary/aromatic N) is 2. The highest BCUT2D eigenvalue weighted by molar-refractivity contribution is 5.86. The zero-order chi connectivity index (χ0) is 18.7. The molecule has 2 aromatic rings. The van der Waals surface area contributed by atoms with Crippen molar-refractivity contribution < 1.29 is 14.3 Å². The summed E-state index contributed by atoms with van der Waals surface area (Å²) >= 11 is 0. The van der Waals surface area contributed by atoms with Gasteiger partial charge in [0.1, 0.15) is 17.9 Å². The number of carbonyl (C=O) groups excluding carboxylic acids is 2. The number of hydrogen-bond donors (Lipinski definition) is 2. The molecule has 0 bridgehead atoms. The van der Waals surface area contributed by atoms with E-state index in [1.807, 2.05) is 43.3 Å². The Morgan fingerprint density at radius 1 is 1.35 bits per heavy atom. The van der Waals surface area contributed by atoms with Crippen molar-refractivity contribution in [3.63, 3.8) is 0 Å². The van der Waals surface area contributed by atoms with Gasteiger partial charge in [0, 0.05) is 6.54 Å². The van der Waals surface area contributed by atoms with Crippen molar-refractivity contribution in [3.05, 3.63) is 54.0 Å². The van der Waals surface area contributed by atoms with E-state index in [1.54, 1.807) is 18.0 Å². The van der Waals surface area contributed by atoms with Gasteiger partial charge in [-0.2, -0.15) is 0 Å². The molecule has 0 saturated carbocycles. The molecule has 3 rings (SSSR count). The monoisotopic (exact) mass is 354 g/mol. The van der Waals surface area contributed by atoms with Crippen LogP contribution in [0.4, 0.5) is 4.79 Å². The molecular formula is C19H22N4O3. The number of hydrogen-bond acceptors (Lipinski definition) is 4. The normalized spacial score (nSPS) is 17.2. The molecule has 0 unspecified atom stereocenters. The minimum atomic E-state index is -0.684. The number of amides is 2. The molecule has 1 aliphatic rings. The lowest BCUT2D eigenvalue weighted by Gasteiger charge is -2.26. The summed E-state index contributed by atoms with van der Waals surface area (Å²) in [5.74, 6) is 0.492. The number of alkyl carbamates (subject to hydrolysis) is 1. The molecule has 0 radical (unpaired) electrons. The van der Waals surface area contributed by atoms with Crippen LogP contribution in [0.2, 0.25) is 0 Å². The third-order valence-corrected chi connectivity index (χ3v) is 4.37. The van der Waals surface area contributed by atoms with E-state index >= 15 is 0 Å². The summed E-state index contributed by atoms with van der Waals surface area (Å²) in [6.07, 6.45) is 4.99. The molecule has 1 aromatic heterocycles. The Morgan fingerprint density at radius 2 is 2.08 bits per heavy atom. The predicted molar refractivity (Wildman–Crippen MR) is 97.4 cm³/mol. The van der Waals surface area contributed by atoms with Crippen LogP contribution in [-0.4, -0.2) is 46.6 Å². The van der Waals surface area contributed by atoms with E-state index in [4.69, 9.17) is 0 Å². The number of benzene rings is 1. The number of aromatic nitrogens is 2. The molecule has 7 heteroatoms. The zero-order valence-corrected chi connectivity index (χ0v) is 15.0. The third kappa shape index (κ3) is 3.61. The number of carbonyl (C=O) groups is 2. The Hall–Kier alpha value is -3.09. The van der Waals surface area contributed by atoms with Gasteiger partial charge in [0.2, 0.25) is 5.91 Å². The lowest BCUT2D eigenvalue weighted by Crippen LogP contribution is -2.47. The van der Waals surface area contributed by atoms with Crippen molar-refractivity contribution in [1.82, 2.24) is 20.2 Å². The van der Waals surface area contributed by atoms with E-state index < -0.39 is 12.1 Å². The van der Waals surface area contributed by atoms with Crippen LogP contribution in [0.15, 0.2) is 42.6 Å². The molecular weight excluding hydrogens is 332 g/mol. The molecule has 136 valence electrons. The Labute approximate surface area is 152 Å². The summed E-state index contributed by atoms with van der Waals surface area (Å²) < 4.78 is 4.55. The summed E-state index contributed by atoms with van der Waals surface area (Å²) in [6, 6.07) is 7.17. The van der Waals surface area contributed by atoms with Crippen LogP contribution in [0.5, 0.6) is 0 Å². The lowest BCUT2D eigenvalue weighted by atomic mass is 10.1. The Kier molecular flexibility index (Phi) is 5.06.